The van der Waals surface area contributed by atoms with Gasteiger partial charge in [-0.05, 0) is 51.6 Å². The molecule has 0 fully saturated rings. The average molecular weight is 348 g/mol. The highest BCUT2D eigenvalue weighted by Crippen LogP contribution is 2.29. The van der Waals surface area contributed by atoms with Gasteiger partial charge in [-0.2, -0.15) is 0 Å². The fourth-order valence-electron chi connectivity index (χ4n) is 1.46. The molecule has 0 aliphatic rings. The Morgan fingerprint density at radius 1 is 1.33 bits per heavy atom. The number of rotatable bonds is 5. The van der Waals surface area contributed by atoms with Gasteiger partial charge in [0.05, 0.1) is 6.04 Å². The summed E-state index contributed by atoms with van der Waals surface area (Å²) in [5.41, 5.74) is 2.76. The van der Waals surface area contributed by atoms with Crippen molar-refractivity contribution < 1.29 is 4.74 Å². The average Bonchev–Trinajstić information content (AvgIpc) is 2.79. The van der Waals surface area contributed by atoms with Crippen LogP contribution in [0.1, 0.15) is 10.9 Å². The highest BCUT2D eigenvalue weighted by atomic mass is 79.9. The van der Waals surface area contributed by atoms with Crippen LogP contribution >= 0.6 is 38.9 Å². The lowest BCUT2D eigenvalue weighted by atomic mass is 10.2. The predicted molar refractivity (Wildman–Crippen MR) is 79.0 cm³/mol. The Balaban J connectivity index is 2.00. The second-order valence-electron chi connectivity index (χ2n) is 3.62. The van der Waals surface area contributed by atoms with Gasteiger partial charge in [0.25, 0.3) is 0 Å². The van der Waals surface area contributed by atoms with Gasteiger partial charge in [0.2, 0.25) is 0 Å². The molecule has 96 valence electrons. The summed E-state index contributed by atoms with van der Waals surface area (Å²) in [5, 5.41) is 2.70. The molecular formula is C12H12BrClN2OS. The lowest BCUT2D eigenvalue weighted by Gasteiger charge is -2.16. The molecule has 2 rings (SSSR count). The van der Waals surface area contributed by atoms with Crippen molar-refractivity contribution in [2.75, 3.05) is 6.61 Å². The maximum absolute atomic E-state index is 5.81. The van der Waals surface area contributed by atoms with Crippen molar-refractivity contribution in [3.05, 3.63) is 50.1 Å². The molecule has 0 bridgehead atoms. The number of ether oxygens (including phenoxy) is 1. The molecule has 1 aromatic heterocycles. The molecule has 3 nitrogen and oxygen atoms in total. The zero-order chi connectivity index (χ0) is 13.0. The first-order valence-electron chi connectivity index (χ1n) is 5.28. The van der Waals surface area contributed by atoms with E-state index >= 15 is 0 Å². The SMILES string of the molecule is NNC(COc1ccc(Cl)cc1)c1sccc1Br. The Morgan fingerprint density at radius 2 is 2.06 bits per heavy atom. The summed E-state index contributed by atoms with van der Waals surface area (Å²) in [7, 11) is 0. The molecule has 0 saturated carbocycles. The van der Waals surface area contributed by atoms with Gasteiger partial charge in [0.1, 0.15) is 12.4 Å². The largest absolute Gasteiger partial charge is 0.492 e. The number of halogens is 2. The van der Waals surface area contributed by atoms with Crippen LogP contribution < -0.4 is 16.0 Å². The van der Waals surface area contributed by atoms with Gasteiger partial charge in [-0.15, -0.1) is 11.3 Å². The Hall–Kier alpha value is -0.590. The van der Waals surface area contributed by atoms with Crippen molar-refractivity contribution in [3.8, 4) is 5.75 Å². The van der Waals surface area contributed by atoms with Crippen LogP contribution in [0.5, 0.6) is 5.75 Å². The molecule has 1 atom stereocenters. The van der Waals surface area contributed by atoms with Crippen LogP contribution in [0.25, 0.3) is 0 Å². The molecule has 0 aliphatic heterocycles. The molecule has 1 heterocycles. The summed E-state index contributed by atoms with van der Waals surface area (Å²) in [6.45, 7) is 0.456. The van der Waals surface area contributed by atoms with Crippen LogP contribution in [0.3, 0.4) is 0 Å². The van der Waals surface area contributed by atoms with E-state index in [0.29, 0.717) is 11.6 Å². The standard InChI is InChI=1S/C12H12BrClN2OS/c13-10-5-6-18-12(10)11(16-15)7-17-9-3-1-8(14)2-4-9/h1-6,11,16H,7,15H2. The summed E-state index contributed by atoms with van der Waals surface area (Å²) in [6.07, 6.45) is 0. The van der Waals surface area contributed by atoms with Crippen LogP contribution in [-0.4, -0.2) is 6.61 Å². The smallest absolute Gasteiger partial charge is 0.119 e. The third kappa shape index (κ3) is 3.46. The van der Waals surface area contributed by atoms with Gasteiger partial charge in [0.15, 0.2) is 0 Å². The van der Waals surface area contributed by atoms with E-state index in [1.54, 1.807) is 23.5 Å². The van der Waals surface area contributed by atoms with E-state index in [1.165, 1.54) is 0 Å². The fraction of sp³-hybridized carbons (Fsp3) is 0.167. The first-order valence-corrected chi connectivity index (χ1v) is 7.33. The van der Waals surface area contributed by atoms with E-state index in [0.717, 1.165) is 15.1 Å². The maximum Gasteiger partial charge on any atom is 0.119 e. The minimum Gasteiger partial charge on any atom is -0.492 e. The van der Waals surface area contributed by atoms with E-state index < -0.39 is 0 Å². The minimum absolute atomic E-state index is 0.0462. The zero-order valence-electron chi connectivity index (χ0n) is 9.40. The number of benzene rings is 1. The van der Waals surface area contributed by atoms with Crippen molar-refractivity contribution in [1.29, 1.82) is 0 Å². The summed E-state index contributed by atoms with van der Waals surface area (Å²) in [5.74, 6) is 6.33. The van der Waals surface area contributed by atoms with E-state index in [2.05, 4.69) is 21.4 Å². The molecule has 1 unspecified atom stereocenters. The summed E-state index contributed by atoms with van der Waals surface area (Å²) in [6, 6.07) is 9.20. The van der Waals surface area contributed by atoms with E-state index in [9.17, 15) is 0 Å². The maximum atomic E-state index is 5.81. The number of hydrogen-bond acceptors (Lipinski definition) is 4. The molecule has 0 saturated heterocycles. The molecule has 18 heavy (non-hydrogen) atoms. The lowest BCUT2D eigenvalue weighted by molar-refractivity contribution is 0.269. The minimum atomic E-state index is -0.0462. The van der Waals surface area contributed by atoms with Crippen molar-refractivity contribution in [3.63, 3.8) is 0 Å². The number of thiophene rings is 1. The molecular weight excluding hydrogens is 336 g/mol. The van der Waals surface area contributed by atoms with Gasteiger partial charge >= 0.3 is 0 Å². The third-order valence-corrected chi connectivity index (χ3v) is 4.63. The van der Waals surface area contributed by atoms with Gasteiger partial charge in [-0.3, -0.25) is 5.84 Å². The zero-order valence-corrected chi connectivity index (χ0v) is 12.6. The predicted octanol–water partition coefficient (Wildman–Crippen LogP) is 3.75. The number of hydrazine groups is 1. The summed E-state index contributed by atoms with van der Waals surface area (Å²) >= 11 is 10.9. The summed E-state index contributed by atoms with van der Waals surface area (Å²) in [4.78, 5) is 1.12. The van der Waals surface area contributed by atoms with E-state index in [1.807, 2.05) is 23.6 Å². The topological polar surface area (TPSA) is 47.3 Å². The monoisotopic (exact) mass is 346 g/mol. The van der Waals surface area contributed by atoms with Crippen LogP contribution in [0.4, 0.5) is 0 Å². The first-order chi connectivity index (χ1) is 8.70. The Kier molecular flexibility index (Phi) is 5.03. The van der Waals surface area contributed by atoms with Gasteiger partial charge in [-0.1, -0.05) is 11.6 Å². The van der Waals surface area contributed by atoms with Crippen LogP contribution in [0.15, 0.2) is 40.2 Å². The third-order valence-electron chi connectivity index (χ3n) is 2.39. The highest BCUT2D eigenvalue weighted by molar-refractivity contribution is 9.10. The van der Waals surface area contributed by atoms with E-state index in [-0.39, 0.29) is 6.04 Å². The quantitative estimate of drug-likeness (QED) is 0.640. The molecule has 0 radical (unpaired) electrons. The molecule has 2 aromatic rings. The van der Waals surface area contributed by atoms with Gasteiger partial charge < -0.3 is 4.74 Å². The second-order valence-corrected chi connectivity index (χ2v) is 5.86. The molecule has 0 aliphatic carbocycles. The van der Waals surface area contributed by atoms with Crippen LogP contribution in [0, 0.1) is 0 Å². The van der Waals surface area contributed by atoms with Gasteiger partial charge in [0, 0.05) is 14.4 Å². The first kappa shape index (κ1) is 13.8. The fourth-order valence-corrected chi connectivity index (χ4v) is 3.29. The number of nitrogens with one attached hydrogen (secondary N) is 1. The van der Waals surface area contributed by atoms with Crippen LogP contribution in [-0.2, 0) is 0 Å². The normalized spacial score (nSPS) is 12.4. The van der Waals surface area contributed by atoms with Crippen molar-refractivity contribution in [1.82, 2.24) is 5.43 Å². The Bertz CT molecular complexity index is 503. The molecule has 0 amide bonds. The second kappa shape index (κ2) is 6.54. The van der Waals surface area contributed by atoms with E-state index in [4.69, 9.17) is 22.2 Å². The lowest BCUT2D eigenvalue weighted by Crippen LogP contribution is -2.31. The molecule has 0 spiro atoms. The molecule has 3 N–H and O–H groups in total. The van der Waals surface area contributed by atoms with Crippen molar-refractivity contribution in [2.45, 2.75) is 6.04 Å². The summed E-state index contributed by atoms with van der Waals surface area (Å²) < 4.78 is 6.71. The van der Waals surface area contributed by atoms with Gasteiger partial charge in [-0.25, -0.2) is 5.43 Å². The van der Waals surface area contributed by atoms with Crippen LogP contribution in [0.2, 0.25) is 5.02 Å². The number of hydrogen-bond donors (Lipinski definition) is 2. The Labute approximate surface area is 123 Å². The highest BCUT2D eigenvalue weighted by Gasteiger charge is 2.15. The molecule has 1 aromatic carbocycles. The van der Waals surface area contributed by atoms with Crippen molar-refractivity contribution >= 4 is 38.9 Å². The molecule has 6 heteroatoms. The van der Waals surface area contributed by atoms with Crippen molar-refractivity contribution in [2.24, 2.45) is 5.84 Å². The Morgan fingerprint density at radius 3 is 2.61 bits per heavy atom. The number of nitrogens with two attached hydrogens (primary N) is 1.